The van der Waals surface area contributed by atoms with Gasteiger partial charge in [0.1, 0.15) is 11.6 Å². The van der Waals surface area contributed by atoms with Gasteiger partial charge in [0.15, 0.2) is 0 Å². The summed E-state index contributed by atoms with van der Waals surface area (Å²) < 4.78 is 0. The Kier molecular flexibility index (Phi) is 5.81. The quantitative estimate of drug-likeness (QED) is 0.655. The van der Waals surface area contributed by atoms with E-state index in [1.807, 2.05) is 61.5 Å². The number of carbonyl (C=O) groups excluding carboxylic acids is 1. The Morgan fingerprint density at radius 3 is 2.54 bits per heavy atom. The van der Waals surface area contributed by atoms with Crippen LogP contribution in [0.1, 0.15) is 11.8 Å². The van der Waals surface area contributed by atoms with Crippen molar-refractivity contribution in [3.63, 3.8) is 0 Å². The molecule has 0 saturated heterocycles. The van der Waals surface area contributed by atoms with Crippen LogP contribution < -0.4 is 16.2 Å². The molecular weight excluding hydrogens is 342 g/mol. The molecule has 0 atom stereocenters. The number of hydrogen-bond acceptors (Lipinski definition) is 4. The van der Waals surface area contributed by atoms with Crippen molar-refractivity contribution in [1.82, 2.24) is 4.90 Å². The highest BCUT2D eigenvalue weighted by molar-refractivity contribution is 7.16. The Balaban J connectivity index is 2.44. The summed E-state index contributed by atoms with van der Waals surface area (Å²) in [5.41, 5.74) is 7.78. The van der Waals surface area contributed by atoms with Gasteiger partial charge in [0.05, 0.1) is 0 Å². The van der Waals surface area contributed by atoms with E-state index >= 15 is 0 Å². The van der Waals surface area contributed by atoms with E-state index in [1.54, 1.807) is 6.92 Å². The fourth-order valence-corrected chi connectivity index (χ4v) is 3.36. The van der Waals surface area contributed by atoms with Crippen molar-refractivity contribution >= 4 is 35.5 Å². The highest BCUT2D eigenvalue weighted by atomic mass is 32.1. The van der Waals surface area contributed by atoms with Gasteiger partial charge in [-0.2, -0.15) is 5.26 Å². The van der Waals surface area contributed by atoms with Gasteiger partial charge in [-0.25, -0.2) is 0 Å². The van der Waals surface area contributed by atoms with Crippen molar-refractivity contribution < 1.29 is 4.79 Å². The topological polar surface area (TPSA) is 70.1 Å². The monoisotopic (exact) mass is 363 g/mol. The average molecular weight is 363 g/mol. The smallest absolute Gasteiger partial charge is 0.259 e. The third-order valence-corrected chi connectivity index (χ3v) is 5.29. The van der Waals surface area contributed by atoms with Crippen LogP contribution in [0, 0.1) is 11.3 Å². The summed E-state index contributed by atoms with van der Waals surface area (Å²) in [6.45, 7) is 9.87. The van der Waals surface area contributed by atoms with Crippen LogP contribution in [0.2, 0.25) is 0 Å². The molecule has 1 amide bonds. The Hall–Kier alpha value is -3.10. The lowest BCUT2D eigenvalue weighted by molar-refractivity contribution is -0.114. The number of primary amides is 1. The maximum Gasteiger partial charge on any atom is 0.259 e. The van der Waals surface area contributed by atoms with E-state index in [0.717, 1.165) is 31.5 Å². The van der Waals surface area contributed by atoms with Crippen molar-refractivity contribution in [3.05, 3.63) is 63.5 Å². The number of benzene rings is 1. The van der Waals surface area contributed by atoms with Crippen LogP contribution in [-0.2, 0) is 4.79 Å². The number of amides is 1. The van der Waals surface area contributed by atoms with Crippen molar-refractivity contribution in [3.8, 4) is 16.5 Å². The Labute approximate surface area is 157 Å². The number of allylic oxidation sites excluding steroid dienone is 2. The zero-order valence-corrected chi connectivity index (χ0v) is 16.0. The molecule has 0 aliphatic heterocycles. The number of nitriles is 1. The molecule has 132 valence electrons. The third kappa shape index (κ3) is 4.11. The number of nitrogens with zero attached hydrogens (tertiary/aromatic N) is 2. The normalized spacial score (nSPS) is 12.3. The molecule has 0 fully saturated rings. The summed E-state index contributed by atoms with van der Waals surface area (Å²) in [6.07, 6.45) is 1.99. The number of thiophene rings is 1. The molecule has 26 heavy (non-hydrogen) atoms. The zero-order valence-electron chi connectivity index (χ0n) is 15.2. The standard InChI is InChI=1S/C21H21N3OS/c1-13-10-17(7-6-16(13)11-14(2)24(4)5)20-9-8-19(26-20)15(3)18(12-22)21(23)25/h6-11H,1-2H2,3-5H3,(H2,23,25)/b16-11-,18-15+. The first-order chi connectivity index (χ1) is 12.2. The molecule has 0 bridgehead atoms. The molecule has 5 heteroatoms. The van der Waals surface area contributed by atoms with Crippen LogP contribution in [0.4, 0.5) is 0 Å². The molecule has 0 radical (unpaired) electrons. The lowest BCUT2D eigenvalue weighted by Crippen LogP contribution is -2.24. The molecule has 2 N–H and O–H groups in total. The second-order valence-electron chi connectivity index (χ2n) is 6.08. The molecule has 1 aromatic carbocycles. The van der Waals surface area contributed by atoms with Crippen LogP contribution in [0.25, 0.3) is 28.7 Å². The molecule has 0 saturated carbocycles. The summed E-state index contributed by atoms with van der Waals surface area (Å²) in [6, 6.07) is 11.8. The van der Waals surface area contributed by atoms with E-state index in [1.165, 1.54) is 11.3 Å². The minimum atomic E-state index is -0.707. The Bertz CT molecular complexity index is 1050. The Morgan fingerprint density at radius 1 is 1.31 bits per heavy atom. The molecule has 0 aliphatic rings. The first-order valence-electron chi connectivity index (χ1n) is 7.93. The van der Waals surface area contributed by atoms with Crippen molar-refractivity contribution in [1.29, 1.82) is 5.26 Å². The van der Waals surface area contributed by atoms with Gasteiger partial charge in [0.25, 0.3) is 5.91 Å². The maximum atomic E-state index is 11.4. The zero-order chi connectivity index (χ0) is 19.4. The van der Waals surface area contributed by atoms with E-state index in [4.69, 9.17) is 11.0 Å². The number of rotatable bonds is 5. The summed E-state index contributed by atoms with van der Waals surface area (Å²) in [5, 5.41) is 11.0. The minimum Gasteiger partial charge on any atom is -0.378 e. The first-order valence-corrected chi connectivity index (χ1v) is 8.74. The SMILES string of the molecule is C=C(/C=c1/ccc(-c2ccc(/C(C)=C(\C#N)C(N)=O)s2)cc1=C)N(C)C. The molecule has 0 spiro atoms. The van der Waals surface area contributed by atoms with E-state index in [0.29, 0.717) is 5.57 Å². The second-order valence-corrected chi connectivity index (χ2v) is 7.17. The fourth-order valence-electron chi connectivity index (χ4n) is 2.35. The van der Waals surface area contributed by atoms with Crippen LogP contribution >= 0.6 is 11.3 Å². The molecule has 2 aromatic rings. The maximum absolute atomic E-state index is 11.4. The predicted octanol–water partition coefficient (Wildman–Crippen LogP) is 2.46. The largest absolute Gasteiger partial charge is 0.378 e. The van der Waals surface area contributed by atoms with Gasteiger partial charge < -0.3 is 10.6 Å². The number of carbonyl (C=O) groups is 1. The number of nitrogens with two attached hydrogens (primary N) is 1. The van der Waals surface area contributed by atoms with Crippen molar-refractivity contribution in [2.75, 3.05) is 14.1 Å². The fraction of sp³-hybridized carbons (Fsp3) is 0.143. The summed E-state index contributed by atoms with van der Waals surface area (Å²) in [5.74, 6) is -0.707. The van der Waals surface area contributed by atoms with Gasteiger partial charge in [0, 0.05) is 29.5 Å². The van der Waals surface area contributed by atoms with Gasteiger partial charge >= 0.3 is 0 Å². The highest BCUT2D eigenvalue weighted by Crippen LogP contribution is 2.32. The Morgan fingerprint density at radius 2 is 2.00 bits per heavy atom. The molecule has 0 aliphatic carbocycles. The van der Waals surface area contributed by atoms with E-state index < -0.39 is 5.91 Å². The van der Waals surface area contributed by atoms with Crippen LogP contribution in [0.15, 0.2) is 48.2 Å². The lowest BCUT2D eigenvalue weighted by atomic mass is 10.1. The first kappa shape index (κ1) is 19.2. The summed E-state index contributed by atoms with van der Waals surface area (Å²) >= 11 is 1.51. The third-order valence-electron chi connectivity index (χ3n) is 4.03. The second kappa shape index (κ2) is 7.85. The molecule has 1 heterocycles. The van der Waals surface area contributed by atoms with Gasteiger partial charge in [-0.05, 0) is 52.8 Å². The number of hydrogen-bond donors (Lipinski definition) is 1. The van der Waals surface area contributed by atoms with Crippen molar-refractivity contribution in [2.45, 2.75) is 6.92 Å². The van der Waals surface area contributed by atoms with Crippen molar-refractivity contribution in [2.24, 2.45) is 5.73 Å². The molecule has 1 aromatic heterocycles. The molecule has 2 rings (SSSR count). The van der Waals surface area contributed by atoms with Crippen LogP contribution in [0.5, 0.6) is 0 Å². The average Bonchev–Trinajstić information content (AvgIpc) is 3.06. The van der Waals surface area contributed by atoms with E-state index in [9.17, 15) is 4.79 Å². The van der Waals surface area contributed by atoms with Crippen LogP contribution in [-0.4, -0.2) is 24.9 Å². The molecule has 4 nitrogen and oxygen atoms in total. The summed E-state index contributed by atoms with van der Waals surface area (Å²) in [4.78, 5) is 15.2. The van der Waals surface area contributed by atoms with Crippen LogP contribution in [0.3, 0.4) is 0 Å². The molecular formula is C21H21N3OS. The minimum absolute atomic E-state index is 0.0107. The van der Waals surface area contributed by atoms with Gasteiger partial charge in [0.2, 0.25) is 0 Å². The lowest BCUT2D eigenvalue weighted by Gasteiger charge is -2.11. The van der Waals surface area contributed by atoms with Gasteiger partial charge in [-0.1, -0.05) is 25.3 Å². The van der Waals surface area contributed by atoms with E-state index in [2.05, 4.69) is 13.2 Å². The predicted molar refractivity (Wildman–Crippen MR) is 109 cm³/mol. The molecule has 0 unspecified atom stereocenters. The van der Waals surface area contributed by atoms with Gasteiger partial charge in [-0.3, -0.25) is 4.79 Å². The van der Waals surface area contributed by atoms with E-state index in [-0.39, 0.29) is 5.57 Å². The highest BCUT2D eigenvalue weighted by Gasteiger charge is 2.12. The van der Waals surface area contributed by atoms with Gasteiger partial charge in [-0.15, -0.1) is 11.3 Å². The summed E-state index contributed by atoms with van der Waals surface area (Å²) in [7, 11) is 3.89.